The first-order valence-electron chi connectivity index (χ1n) is 9.42. The number of carbonyl (C=O) groups excluding carboxylic acids is 1. The van der Waals surface area contributed by atoms with E-state index in [0.717, 1.165) is 18.7 Å². The third-order valence-electron chi connectivity index (χ3n) is 4.96. The van der Waals surface area contributed by atoms with Gasteiger partial charge in [-0.15, -0.1) is 5.10 Å². The second-order valence-corrected chi connectivity index (χ2v) is 6.83. The highest BCUT2D eigenvalue weighted by Crippen LogP contribution is 2.17. The van der Waals surface area contributed by atoms with Crippen LogP contribution in [0.5, 0.6) is 0 Å². The van der Waals surface area contributed by atoms with Crippen LogP contribution >= 0.6 is 0 Å². The molecule has 1 N–H and O–H groups in total. The van der Waals surface area contributed by atoms with Crippen LogP contribution in [0.2, 0.25) is 0 Å². The van der Waals surface area contributed by atoms with E-state index in [0.29, 0.717) is 13.1 Å². The molecule has 1 aliphatic rings. The molecule has 1 saturated heterocycles. The second kappa shape index (κ2) is 8.22. The summed E-state index contributed by atoms with van der Waals surface area (Å²) in [4.78, 5) is 20.9. The quantitative estimate of drug-likeness (QED) is 0.736. The van der Waals surface area contributed by atoms with E-state index >= 15 is 0 Å². The molecule has 1 amide bonds. The largest absolute Gasteiger partial charge is 0.386 e. The molecule has 28 heavy (non-hydrogen) atoms. The van der Waals surface area contributed by atoms with E-state index in [4.69, 9.17) is 0 Å². The van der Waals surface area contributed by atoms with E-state index in [1.54, 1.807) is 4.90 Å². The third-order valence-corrected chi connectivity index (χ3v) is 4.96. The molecule has 1 aliphatic heterocycles. The van der Waals surface area contributed by atoms with Gasteiger partial charge in [0.25, 0.3) is 5.91 Å². The number of aliphatic hydroxyl groups is 1. The fourth-order valence-electron chi connectivity index (χ4n) is 3.39. The molecule has 7 nitrogen and oxygen atoms in total. The van der Waals surface area contributed by atoms with Gasteiger partial charge in [-0.2, -0.15) is 0 Å². The van der Waals surface area contributed by atoms with Gasteiger partial charge in [-0.05, 0) is 17.7 Å². The summed E-state index contributed by atoms with van der Waals surface area (Å²) in [6.07, 6.45) is 0.805. The topological polar surface area (TPSA) is 74.5 Å². The Labute approximate surface area is 163 Å². The highest BCUT2D eigenvalue weighted by molar-refractivity contribution is 5.90. The predicted molar refractivity (Wildman–Crippen MR) is 106 cm³/mol. The van der Waals surface area contributed by atoms with E-state index in [2.05, 4.69) is 27.1 Å². The molecule has 1 fully saturated rings. The van der Waals surface area contributed by atoms with Crippen LogP contribution in [-0.2, 0) is 6.54 Å². The minimum absolute atomic E-state index is 0.166. The normalized spacial score (nSPS) is 15.5. The van der Waals surface area contributed by atoms with E-state index in [9.17, 15) is 9.90 Å². The Bertz CT molecular complexity index is 905. The molecule has 1 unspecified atom stereocenters. The van der Waals surface area contributed by atoms with Gasteiger partial charge in [-0.1, -0.05) is 48.5 Å². The third kappa shape index (κ3) is 4.04. The molecule has 0 spiro atoms. The Morgan fingerprint density at radius 3 is 2.29 bits per heavy atom. The highest BCUT2D eigenvalue weighted by Gasteiger charge is 2.25. The van der Waals surface area contributed by atoms with Crippen molar-refractivity contribution in [2.45, 2.75) is 12.6 Å². The molecular weight excluding hydrogens is 354 g/mol. The number of hydrogen-bond acceptors (Lipinski definition) is 5. The number of aliphatic hydroxyl groups excluding tert-OH is 1. The van der Waals surface area contributed by atoms with Crippen molar-refractivity contribution in [2.24, 2.45) is 0 Å². The number of benzene rings is 2. The van der Waals surface area contributed by atoms with E-state index in [1.807, 2.05) is 48.5 Å². The first-order chi connectivity index (χ1) is 13.7. The van der Waals surface area contributed by atoms with E-state index in [1.165, 1.54) is 16.7 Å². The first kappa shape index (κ1) is 18.2. The zero-order chi connectivity index (χ0) is 19.3. The molecule has 144 valence electrons. The van der Waals surface area contributed by atoms with E-state index in [-0.39, 0.29) is 18.3 Å². The summed E-state index contributed by atoms with van der Waals surface area (Å²) in [5, 5.41) is 14.6. The van der Waals surface area contributed by atoms with Crippen molar-refractivity contribution in [3.05, 3.63) is 78.4 Å². The smallest absolute Gasteiger partial charge is 0.293 e. The van der Waals surface area contributed by atoms with Crippen LogP contribution < -0.4 is 4.90 Å². The molecule has 4 rings (SSSR count). The van der Waals surface area contributed by atoms with Crippen molar-refractivity contribution >= 4 is 11.6 Å². The summed E-state index contributed by atoms with van der Waals surface area (Å²) in [7, 11) is 0. The maximum absolute atomic E-state index is 12.7. The fraction of sp³-hybridized carbons (Fsp3) is 0.286. The van der Waals surface area contributed by atoms with Crippen LogP contribution in [0.3, 0.4) is 0 Å². The lowest BCUT2D eigenvalue weighted by Gasteiger charge is -2.35. The summed E-state index contributed by atoms with van der Waals surface area (Å²) in [6.45, 7) is 3.09. The number of piperazine rings is 1. The van der Waals surface area contributed by atoms with Crippen LogP contribution in [0.25, 0.3) is 0 Å². The number of hydrogen-bond donors (Lipinski definition) is 1. The Balaban J connectivity index is 1.35. The average molecular weight is 377 g/mol. The number of aromatic nitrogens is 3. The minimum Gasteiger partial charge on any atom is -0.386 e. The monoisotopic (exact) mass is 377 g/mol. The Kier molecular flexibility index (Phi) is 5.34. The average Bonchev–Trinajstić information content (AvgIpc) is 3.23. The minimum atomic E-state index is -0.694. The number of carbonyl (C=O) groups is 1. The van der Waals surface area contributed by atoms with Crippen molar-refractivity contribution in [1.82, 2.24) is 19.7 Å². The van der Waals surface area contributed by atoms with Gasteiger partial charge in [0.05, 0.1) is 12.6 Å². The van der Waals surface area contributed by atoms with Gasteiger partial charge in [-0.25, -0.2) is 9.67 Å². The lowest BCUT2D eigenvalue weighted by molar-refractivity contribution is 0.0733. The fourth-order valence-corrected chi connectivity index (χ4v) is 3.39. The van der Waals surface area contributed by atoms with Gasteiger partial charge in [0.2, 0.25) is 5.82 Å². The molecule has 2 heterocycles. The van der Waals surface area contributed by atoms with Crippen LogP contribution in [0.1, 0.15) is 22.3 Å². The van der Waals surface area contributed by atoms with Crippen LogP contribution in [-0.4, -0.2) is 56.9 Å². The first-order valence-corrected chi connectivity index (χ1v) is 9.42. The maximum atomic E-state index is 12.7. The number of para-hydroxylation sites is 1. The molecule has 3 aromatic rings. The van der Waals surface area contributed by atoms with Crippen LogP contribution in [0, 0.1) is 0 Å². The molecular formula is C21H23N5O2. The Morgan fingerprint density at radius 1 is 0.964 bits per heavy atom. The van der Waals surface area contributed by atoms with Gasteiger partial charge in [0.1, 0.15) is 6.33 Å². The van der Waals surface area contributed by atoms with Gasteiger partial charge >= 0.3 is 0 Å². The summed E-state index contributed by atoms with van der Waals surface area (Å²) >= 11 is 0. The van der Waals surface area contributed by atoms with Gasteiger partial charge in [0.15, 0.2) is 0 Å². The summed E-state index contributed by atoms with van der Waals surface area (Å²) in [5.74, 6) is 0.00841. The maximum Gasteiger partial charge on any atom is 0.293 e. The molecule has 0 aliphatic carbocycles. The van der Waals surface area contributed by atoms with Gasteiger partial charge in [0, 0.05) is 31.9 Å². The zero-order valence-corrected chi connectivity index (χ0v) is 15.6. The highest BCUT2D eigenvalue weighted by atomic mass is 16.3. The van der Waals surface area contributed by atoms with Crippen molar-refractivity contribution in [3.8, 4) is 0 Å². The lowest BCUT2D eigenvalue weighted by Crippen LogP contribution is -2.49. The summed E-state index contributed by atoms with van der Waals surface area (Å²) < 4.78 is 1.52. The predicted octanol–water partition coefficient (Wildman–Crippen LogP) is 1.97. The van der Waals surface area contributed by atoms with Crippen molar-refractivity contribution in [3.63, 3.8) is 0 Å². The second-order valence-electron chi connectivity index (χ2n) is 6.83. The number of amides is 1. The van der Waals surface area contributed by atoms with E-state index < -0.39 is 6.10 Å². The van der Waals surface area contributed by atoms with Crippen molar-refractivity contribution in [2.75, 3.05) is 31.1 Å². The van der Waals surface area contributed by atoms with Crippen LogP contribution in [0.15, 0.2) is 67.0 Å². The standard InChI is InChI=1S/C21H23N5O2/c27-19(17-7-3-1-4-8-17)15-26-16-22-20(23-26)21(28)25-13-11-24(12-14-25)18-9-5-2-6-10-18/h1-10,16,19,27H,11-15H2. The Hall–Kier alpha value is -3.19. The molecule has 1 atom stereocenters. The number of anilines is 1. The molecule has 2 aromatic carbocycles. The van der Waals surface area contributed by atoms with Gasteiger partial charge in [-0.3, -0.25) is 4.79 Å². The zero-order valence-electron chi connectivity index (χ0n) is 15.6. The van der Waals surface area contributed by atoms with Gasteiger partial charge < -0.3 is 14.9 Å². The SMILES string of the molecule is O=C(c1ncn(CC(O)c2ccccc2)n1)N1CCN(c2ccccc2)CC1. The van der Waals surface area contributed by atoms with Crippen molar-refractivity contribution < 1.29 is 9.90 Å². The number of rotatable bonds is 5. The summed E-state index contributed by atoms with van der Waals surface area (Å²) in [5.41, 5.74) is 1.98. The van der Waals surface area contributed by atoms with Crippen molar-refractivity contribution in [1.29, 1.82) is 0 Å². The van der Waals surface area contributed by atoms with Crippen LogP contribution in [0.4, 0.5) is 5.69 Å². The Morgan fingerprint density at radius 2 is 1.61 bits per heavy atom. The summed E-state index contributed by atoms with van der Waals surface area (Å²) in [6, 6.07) is 19.6. The number of nitrogens with zero attached hydrogens (tertiary/aromatic N) is 5. The molecule has 0 bridgehead atoms. The molecule has 0 radical (unpaired) electrons. The molecule has 7 heteroatoms. The molecule has 1 aromatic heterocycles. The molecule has 0 saturated carbocycles. The lowest BCUT2D eigenvalue weighted by atomic mass is 10.1.